The molecule has 0 amide bonds. The zero-order valence-electron chi connectivity index (χ0n) is 17.1. The van der Waals surface area contributed by atoms with Crippen molar-refractivity contribution < 1.29 is 0 Å². The van der Waals surface area contributed by atoms with Gasteiger partial charge in [0.1, 0.15) is 22.6 Å². The van der Waals surface area contributed by atoms with Crippen LogP contribution >= 0.6 is 11.3 Å². The Morgan fingerprint density at radius 1 is 0.903 bits per heavy atom. The Balaban J connectivity index is 1.52. The van der Waals surface area contributed by atoms with E-state index >= 15 is 0 Å². The standard InChI is InChI=1S/C22H18N8S/c1-11-4-7-17(31-11)20-18-14(8-9-23-20)26-22(27-18)21-19-15(28-29-21)6-5-13(25-19)16-10-24-12(2)30(16)3/h4-10H,1-3H3,(H,26,27)(H,28,29). The van der Waals surface area contributed by atoms with Crippen LogP contribution in [0.1, 0.15) is 10.7 Å². The number of fused-ring (bicyclic) bond motifs is 2. The monoisotopic (exact) mass is 426 g/mol. The van der Waals surface area contributed by atoms with Gasteiger partial charge < -0.3 is 9.55 Å². The predicted octanol–water partition coefficient (Wildman–Crippen LogP) is 4.64. The second kappa shape index (κ2) is 6.58. The number of H-pyrrole nitrogens is 2. The minimum atomic E-state index is 0.662. The van der Waals surface area contributed by atoms with Gasteiger partial charge in [0.05, 0.1) is 33.5 Å². The molecule has 31 heavy (non-hydrogen) atoms. The molecule has 0 saturated carbocycles. The van der Waals surface area contributed by atoms with Crippen molar-refractivity contribution in [2.45, 2.75) is 13.8 Å². The number of rotatable bonds is 3. The third kappa shape index (κ3) is 2.77. The van der Waals surface area contributed by atoms with Crippen LogP contribution in [0.4, 0.5) is 0 Å². The minimum Gasteiger partial charge on any atom is -0.336 e. The van der Waals surface area contributed by atoms with Crippen molar-refractivity contribution in [2.24, 2.45) is 7.05 Å². The van der Waals surface area contributed by atoms with Crippen molar-refractivity contribution in [1.82, 2.24) is 39.7 Å². The molecule has 0 spiro atoms. The van der Waals surface area contributed by atoms with E-state index in [-0.39, 0.29) is 0 Å². The summed E-state index contributed by atoms with van der Waals surface area (Å²) in [5.74, 6) is 1.60. The molecule has 0 fully saturated rings. The van der Waals surface area contributed by atoms with Crippen LogP contribution in [0, 0.1) is 13.8 Å². The van der Waals surface area contributed by atoms with Gasteiger partial charge in [0.15, 0.2) is 11.5 Å². The van der Waals surface area contributed by atoms with E-state index in [0.717, 1.165) is 49.9 Å². The fourth-order valence-electron chi connectivity index (χ4n) is 3.74. The quantitative estimate of drug-likeness (QED) is 0.429. The summed E-state index contributed by atoms with van der Waals surface area (Å²) in [6, 6.07) is 10.1. The van der Waals surface area contributed by atoms with E-state index in [9.17, 15) is 0 Å². The zero-order valence-corrected chi connectivity index (χ0v) is 17.9. The van der Waals surface area contributed by atoms with Gasteiger partial charge in [-0.25, -0.2) is 15.0 Å². The van der Waals surface area contributed by atoms with Crippen LogP contribution in [-0.2, 0) is 7.05 Å². The van der Waals surface area contributed by atoms with Gasteiger partial charge in [-0.3, -0.25) is 10.1 Å². The first-order chi connectivity index (χ1) is 15.1. The van der Waals surface area contributed by atoms with E-state index < -0.39 is 0 Å². The van der Waals surface area contributed by atoms with E-state index in [0.29, 0.717) is 11.5 Å². The molecule has 6 aromatic rings. The van der Waals surface area contributed by atoms with Gasteiger partial charge in [0, 0.05) is 18.1 Å². The Morgan fingerprint density at radius 3 is 2.55 bits per heavy atom. The molecular weight excluding hydrogens is 408 g/mol. The molecule has 0 aliphatic rings. The highest BCUT2D eigenvalue weighted by Gasteiger charge is 2.18. The number of pyridine rings is 2. The number of nitrogens with one attached hydrogen (secondary N) is 2. The van der Waals surface area contributed by atoms with Gasteiger partial charge in [0.25, 0.3) is 0 Å². The van der Waals surface area contributed by atoms with E-state index in [2.05, 4.69) is 44.2 Å². The largest absolute Gasteiger partial charge is 0.336 e. The molecule has 2 N–H and O–H groups in total. The Bertz CT molecular complexity index is 1580. The number of aryl methyl sites for hydroxylation is 2. The second-order valence-electron chi connectivity index (χ2n) is 7.47. The maximum Gasteiger partial charge on any atom is 0.161 e. The van der Waals surface area contributed by atoms with Crippen LogP contribution < -0.4 is 0 Å². The Labute approximate surface area is 181 Å². The normalized spacial score (nSPS) is 11.7. The third-order valence-electron chi connectivity index (χ3n) is 5.49. The van der Waals surface area contributed by atoms with Crippen molar-refractivity contribution in [3.63, 3.8) is 0 Å². The molecule has 0 aliphatic carbocycles. The van der Waals surface area contributed by atoms with Crippen molar-refractivity contribution >= 4 is 33.4 Å². The molecule has 0 atom stereocenters. The molecule has 0 unspecified atom stereocenters. The summed E-state index contributed by atoms with van der Waals surface area (Å²) >= 11 is 1.71. The van der Waals surface area contributed by atoms with Crippen LogP contribution in [-0.4, -0.2) is 39.7 Å². The van der Waals surface area contributed by atoms with Crippen LogP contribution in [0.5, 0.6) is 0 Å². The summed E-state index contributed by atoms with van der Waals surface area (Å²) < 4.78 is 2.02. The number of aromatic nitrogens is 8. The fraction of sp³-hybridized carbons (Fsp3) is 0.136. The summed E-state index contributed by atoms with van der Waals surface area (Å²) in [5.41, 5.74) is 6.70. The first-order valence-electron chi connectivity index (χ1n) is 9.84. The zero-order chi connectivity index (χ0) is 21.1. The lowest BCUT2D eigenvalue weighted by atomic mass is 10.2. The average Bonchev–Trinajstić information content (AvgIpc) is 3.54. The summed E-state index contributed by atoms with van der Waals surface area (Å²) in [5, 5.41) is 7.58. The summed E-state index contributed by atoms with van der Waals surface area (Å²) in [7, 11) is 1.99. The highest BCUT2D eigenvalue weighted by molar-refractivity contribution is 7.15. The Kier molecular flexibility index (Phi) is 3.81. The smallest absolute Gasteiger partial charge is 0.161 e. The van der Waals surface area contributed by atoms with Gasteiger partial charge in [-0.1, -0.05) is 0 Å². The molecule has 152 valence electrons. The number of thiophene rings is 1. The highest BCUT2D eigenvalue weighted by atomic mass is 32.1. The lowest BCUT2D eigenvalue weighted by molar-refractivity contribution is 0.862. The molecule has 6 aromatic heterocycles. The van der Waals surface area contributed by atoms with E-state index in [1.807, 2.05) is 42.9 Å². The lowest BCUT2D eigenvalue weighted by Gasteiger charge is -2.03. The van der Waals surface area contributed by atoms with Crippen molar-refractivity contribution in [3.8, 4) is 33.5 Å². The summed E-state index contributed by atoms with van der Waals surface area (Å²) in [6.45, 7) is 4.06. The van der Waals surface area contributed by atoms with Crippen molar-refractivity contribution in [2.75, 3.05) is 0 Å². The SMILES string of the molecule is Cc1ccc(-c2nccc3[nH]c(-c4n[nH]c5ccc(-c6cnc(C)n6C)nc45)nc23)s1. The molecular formula is C22H18N8S. The molecule has 8 nitrogen and oxygen atoms in total. The maximum absolute atomic E-state index is 4.88. The van der Waals surface area contributed by atoms with Crippen LogP contribution in [0.15, 0.2) is 42.7 Å². The number of hydrogen-bond acceptors (Lipinski definition) is 6. The maximum atomic E-state index is 4.88. The Morgan fingerprint density at radius 2 is 1.77 bits per heavy atom. The second-order valence-corrected chi connectivity index (χ2v) is 8.75. The van der Waals surface area contributed by atoms with Gasteiger partial charge in [-0.05, 0) is 44.2 Å². The van der Waals surface area contributed by atoms with Gasteiger partial charge in [-0.15, -0.1) is 11.3 Å². The van der Waals surface area contributed by atoms with E-state index in [1.54, 1.807) is 17.5 Å². The van der Waals surface area contributed by atoms with Crippen LogP contribution in [0.3, 0.4) is 0 Å². The highest BCUT2D eigenvalue weighted by Crippen LogP contribution is 2.33. The molecule has 0 saturated heterocycles. The first-order valence-corrected chi connectivity index (χ1v) is 10.7. The average molecular weight is 427 g/mol. The number of hydrogen-bond donors (Lipinski definition) is 2. The van der Waals surface area contributed by atoms with E-state index in [4.69, 9.17) is 9.97 Å². The topological polar surface area (TPSA) is 101 Å². The third-order valence-corrected chi connectivity index (χ3v) is 6.50. The molecule has 6 heterocycles. The van der Waals surface area contributed by atoms with Gasteiger partial charge in [0.2, 0.25) is 0 Å². The van der Waals surface area contributed by atoms with E-state index in [1.165, 1.54) is 4.88 Å². The minimum absolute atomic E-state index is 0.662. The fourth-order valence-corrected chi connectivity index (χ4v) is 4.60. The predicted molar refractivity (Wildman–Crippen MR) is 122 cm³/mol. The molecule has 0 aromatic carbocycles. The van der Waals surface area contributed by atoms with Crippen LogP contribution in [0.25, 0.3) is 55.5 Å². The number of imidazole rings is 2. The molecule has 6 rings (SSSR count). The summed E-state index contributed by atoms with van der Waals surface area (Å²) in [6.07, 6.45) is 3.64. The van der Waals surface area contributed by atoms with Gasteiger partial charge >= 0.3 is 0 Å². The first kappa shape index (κ1) is 18.0. The van der Waals surface area contributed by atoms with Crippen LogP contribution in [0.2, 0.25) is 0 Å². The van der Waals surface area contributed by atoms with Gasteiger partial charge in [-0.2, -0.15) is 5.10 Å². The Hall–Kier alpha value is -3.85. The van der Waals surface area contributed by atoms with Crippen molar-refractivity contribution in [3.05, 3.63) is 53.4 Å². The molecule has 0 aliphatic heterocycles. The summed E-state index contributed by atoms with van der Waals surface area (Å²) in [4.78, 5) is 24.5. The molecule has 0 radical (unpaired) electrons. The molecule has 0 bridgehead atoms. The number of aromatic amines is 2. The lowest BCUT2D eigenvalue weighted by Crippen LogP contribution is -1.96. The van der Waals surface area contributed by atoms with Crippen molar-refractivity contribution in [1.29, 1.82) is 0 Å². The number of nitrogens with zero attached hydrogens (tertiary/aromatic N) is 6. The molecule has 9 heteroatoms.